The third-order valence-corrected chi connectivity index (χ3v) is 2.65. The van der Waals surface area contributed by atoms with Crippen molar-refractivity contribution in [3.8, 4) is 0 Å². The predicted octanol–water partition coefficient (Wildman–Crippen LogP) is 0.337. The van der Waals surface area contributed by atoms with Gasteiger partial charge in [0.25, 0.3) is 5.91 Å². The summed E-state index contributed by atoms with van der Waals surface area (Å²) < 4.78 is 4.99. The second-order valence-corrected chi connectivity index (χ2v) is 3.74. The van der Waals surface area contributed by atoms with Gasteiger partial charge in [0.1, 0.15) is 11.3 Å². The Morgan fingerprint density at radius 2 is 2.07 bits per heavy atom. The summed E-state index contributed by atoms with van der Waals surface area (Å²) >= 11 is 0. The van der Waals surface area contributed by atoms with Crippen LogP contribution in [0.25, 0.3) is 0 Å². The van der Waals surface area contributed by atoms with Gasteiger partial charge < -0.3 is 14.7 Å². The molecule has 0 radical (unpaired) electrons. The van der Waals surface area contributed by atoms with Crippen molar-refractivity contribution in [2.24, 2.45) is 0 Å². The molecule has 0 saturated carbocycles. The number of carbonyl (C=O) groups excluding carboxylic acids is 1. The highest BCUT2D eigenvalue weighted by atomic mass is 16.5. The lowest BCUT2D eigenvalue weighted by Gasteiger charge is -2.27. The molecule has 0 aromatic carbocycles. The van der Waals surface area contributed by atoms with E-state index in [1.54, 1.807) is 13.8 Å². The molecule has 1 aromatic heterocycles. The second kappa shape index (κ2) is 4.02. The van der Waals surface area contributed by atoms with Crippen molar-refractivity contribution in [1.82, 2.24) is 15.4 Å². The lowest BCUT2D eigenvalue weighted by atomic mass is 10.1. The number of piperazine rings is 1. The SMILES string of the molecule is Cc1noc(C)c1C(=O)N1CCNCC1. The van der Waals surface area contributed by atoms with E-state index >= 15 is 0 Å². The number of hydrogen-bond donors (Lipinski definition) is 1. The van der Waals surface area contributed by atoms with E-state index in [4.69, 9.17) is 4.52 Å². The van der Waals surface area contributed by atoms with Crippen molar-refractivity contribution in [3.63, 3.8) is 0 Å². The molecule has 15 heavy (non-hydrogen) atoms. The fourth-order valence-corrected chi connectivity index (χ4v) is 1.81. The summed E-state index contributed by atoms with van der Waals surface area (Å²) in [5.41, 5.74) is 1.30. The van der Waals surface area contributed by atoms with Crippen molar-refractivity contribution in [2.75, 3.05) is 26.2 Å². The number of rotatable bonds is 1. The lowest BCUT2D eigenvalue weighted by Crippen LogP contribution is -2.46. The summed E-state index contributed by atoms with van der Waals surface area (Å²) in [6.45, 7) is 6.79. The number of hydrogen-bond acceptors (Lipinski definition) is 4. The van der Waals surface area contributed by atoms with E-state index in [0.29, 0.717) is 17.0 Å². The molecule has 0 bridgehead atoms. The summed E-state index contributed by atoms with van der Waals surface area (Å²) in [7, 11) is 0. The van der Waals surface area contributed by atoms with Crippen LogP contribution in [0.3, 0.4) is 0 Å². The van der Waals surface area contributed by atoms with E-state index in [0.717, 1.165) is 26.2 Å². The number of carbonyl (C=O) groups is 1. The summed E-state index contributed by atoms with van der Waals surface area (Å²) in [5.74, 6) is 0.642. The molecule has 1 amide bonds. The van der Waals surface area contributed by atoms with E-state index in [1.165, 1.54) is 0 Å². The van der Waals surface area contributed by atoms with Gasteiger partial charge in [0.05, 0.1) is 5.69 Å². The third kappa shape index (κ3) is 1.87. The average molecular weight is 209 g/mol. The molecule has 1 fully saturated rings. The minimum atomic E-state index is 0.0350. The molecule has 0 spiro atoms. The van der Waals surface area contributed by atoms with Gasteiger partial charge in [-0.25, -0.2) is 0 Å². The molecular weight excluding hydrogens is 194 g/mol. The molecule has 2 rings (SSSR count). The van der Waals surface area contributed by atoms with Crippen LogP contribution in [0, 0.1) is 13.8 Å². The van der Waals surface area contributed by atoms with Crippen LogP contribution in [0.5, 0.6) is 0 Å². The topological polar surface area (TPSA) is 58.4 Å². The third-order valence-electron chi connectivity index (χ3n) is 2.65. The highest BCUT2D eigenvalue weighted by Gasteiger charge is 2.24. The van der Waals surface area contributed by atoms with Crippen LogP contribution in [0.4, 0.5) is 0 Å². The Balaban J connectivity index is 2.19. The standard InChI is InChI=1S/C10H15N3O2/c1-7-9(8(2)15-12-7)10(14)13-5-3-11-4-6-13/h11H,3-6H2,1-2H3. The zero-order chi connectivity index (χ0) is 10.8. The summed E-state index contributed by atoms with van der Waals surface area (Å²) in [6.07, 6.45) is 0. The molecule has 1 aliphatic rings. The van der Waals surface area contributed by atoms with Gasteiger partial charge in [-0.05, 0) is 13.8 Å². The first-order valence-corrected chi connectivity index (χ1v) is 5.13. The number of amides is 1. The zero-order valence-electron chi connectivity index (χ0n) is 9.04. The summed E-state index contributed by atoms with van der Waals surface area (Å²) in [5, 5.41) is 7.01. The van der Waals surface area contributed by atoms with E-state index in [-0.39, 0.29) is 5.91 Å². The Hall–Kier alpha value is -1.36. The molecule has 0 aliphatic carbocycles. The maximum absolute atomic E-state index is 12.1. The van der Waals surface area contributed by atoms with Crippen molar-refractivity contribution >= 4 is 5.91 Å². The van der Waals surface area contributed by atoms with Crippen molar-refractivity contribution < 1.29 is 9.32 Å². The van der Waals surface area contributed by atoms with Gasteiger partial charge in [-0.3, -0.25) is 4.79 Å². The zero-order valence-corrected chi connectivity index (χ0v) is 9.04. The molecule has 0 atom stereocenters. The van der Waals surface area contributed by atoms with Gasteiger partial charge in [0.15, 0.2) is 0 Å². The van der Waals surface area contributed by atoms with Crippen LogP contribution >= 0.6 is 0 Å². The fraction of sp³-hybridized carbons (Fsp3) is 0.600. The Labute approximate surface area is 88.4 Å². The Bertz CT molecular complexity index is 347. The van der Waals surface area contributed by atoms with Gasteiger partial charge in [-0.1, -0.05) is 5.16 Å². The van der Waals surface area contributed by atoms with Crippen LogP contribution in [-0.4, -0.2) is 42.1 Å². The second-order valence-electron chi connectivity index (χ2n) is 3.74. The van der Waals surface area contributed by atoms with E-state index < -0.39 is 0 Å². The summed E-state index contributed by atoms with van der Waals surface area (Å²) in [4.78, 5) is 13.9. The van der Waals surface area contributed by atoms with E-state index in [2.05, 4.69) is 10.5 Å². The Kier molecular flexibility index (Phi) is 2.73. The first-order chi connectivity index (χ1) is 7.20. The van der Waals surface area contributed by atoms with Gasteiger partial charge in [-0.15, -0.1) is 0 Å². The van der Waals surface area contributed by atoms with Crippen LogP contribution in [-0.2, 0) is 0 Å². The van der Waals surface area contributed by atoms with Crippen LogP contribution in [0.2, 0.25) is 0 Å². The number of aryl methyl sites for hydroxylation is 2. The quantitative estimate of drug-likeness (QED) is 0.724. The van der Waals surface area contributed by atoms with Crippen LogP contribution in [0.1, 0.15) is 21.8 Å². The van der Waals surface area contributed by atoms with Crippen LogP contribution in [0.15, 0.2) is 4.52 Å². The monoisotopic (exact) mass is 209 g/mol. The van der Waals surface area contributed by atoms with Gasteiger partial charge in [0, 0.05) is 26.2 Å². The van der Waals surface area contributed by atoms with Gasteiger partial charge in [-0.2, -0.15) is 0 Å². The highest BCUT2D eigenvalue weighted by Crippen LogP contribution is 2.15. The van der Waals surface area contributed by atoms with Crippen molar-refractivity contribution in [1.29, 1.82) is 0 Å². The molecule has 82 valence electrons. The minimum absolute atomic E-state index is 0.0350. The van der Waals surface area contributed by atoms with Gasteiger partial charge >= 0.3 is 0 Å². The maximum atomic E-state index is 12.1. The number of nitrogens with one attached hydrogen (secondary N) is 1. The molecular formula is C10H15N3O2. The van der Waals surface area contributed by atoms with E-state index in [1.807, 2.05) is 4.90 Å². The Morgan fingerprint density at radius 3 is 2.60 bits per heavy atom. The lowest BCUT2D eigenvalue weighted by molar-refractivity contribution is 0.0733. The number of nitrogens with zero attached hydrogens (tertiary/aromatic N) is 2. The molecule has 2 heterocycles. The van der Waals surface area contributed by atoms with E-state index in [9.17, 15) is 4.79 Å². The minimum Gasteiger partial charge on any atom is -0.361 e. The molecule has 1 aromatic rings. The first-order valence-electron chi connectivity index (χ1n) is 5.13. The van der Waals surface area contributed by atoms with Crippen LogP contribution < -0.4 is 5.32 Å². The maximum Gasteiger partial charge on any atom is 0.259 e. The average Bonchev–Trinajstić information content (AvgIpc) is 2.59. The van der Waals surface area contributed by atoms with Crippen molar-refractivity contribution in [2.45, 2.75) is 13.8 Å². The fourth-order valence-electron chi connectivity index (χ4n) is 1.81. The molecule has 1 aliphatic heterocycles. The smallest absolute Gasteiger partial charge is 0.259 e. The number of aromatic nitrogens is 1. The molecule has 1 saturated heterocycles. The van der Waals surface area contributed by atoms with Crippen molar-refractivity contribution in [3.05, 3.63) is 17.0 Å². The normalized spacial score (nSPS) is 16.8. The largest absolute Gasteiger partial charge is 0.361 e. The first kappa shape index (κ1) is 10.2. The Morgan fingerprint density at radius 1 is 1.40 bits per heavy atom. The van der Waals surface area contributed by atoms with Gasteiger partial charge in [0.2, 0.25) is 0 Å². The molecule has 5 heteroatoms. The molecule has 5 nitrogen and oxygen atoms in total. The predicted molar refractivity (Wildman–Crippen MR) is 54.8 cm³/mol. The molecule has 1 N–H and O–H groups in total. The summed E-state index contributed by atoms with van der Waals surface area (Å²) in [6, 6.07) is 0. The highest BCUT2D eigenvalue weighted by molar-refractivity contribution is 5.96. The molecule has 0 unspecified atom stereocenters.